The summed E-state index contributed by atoms with van der Waals surface area (Å²) >= 11 is 12.0. The third-order valence-corrected chi connectivity index (χ3v) is 4.63. The van der Waals surface area contributed by atoms with Crippen molar-refractivity contribution < 1.29 is 4.79 Å². The number of carbonyl (C=O) groups is 1. The number of carbonyl (C=O) groups excluding carboxylic acids is 1. The molecule has 0 unspecified atom stereocenters. The van der Waals surface area contributed by atoms with Crippen molar-refractivity contribution in [2.24, 2.45) is 0 Å². The molecule has 0 fully saturated rings. The Kier molecular flexibility index (Phi) is 3.75. The van der Waals surface area contributed by atoms with Crippen LogP contribution < -0.4 is 5.32 Å². The number of hydrogen-bond donors (Lipinski definition) is 1. The number of nitrogens with one attached hydrogen (secondary N) is 1. The summed E-state index contributed by atoms with van der Waals surface area (Å²) in [6.45, 7) is 1.27. The van der Waals surface area contributed by atoms with Crippen LogP contribution in [-0.2, 0) is 6.54 Å². The van der Waals surface area contributed by atoms with Crippen LogP contribution in [0.25, 0.3) is 22.5 Å². The average Bonchev–Trinajstić information content (AvgIpc) is 3.03. The maximum absolute atomic E-state index is 11.9. The molecule has 24 heavy (non-hydrogen) atoms. The molecule has 0 saturated heterocycles. The van der Waals surface area contributed by atoms with Crippen molar-refractivity contribution in [2.45, 2.75) is 6.54 Å². The number of halogens is 2. The van der Waals surface area contributed by atoms with E-state index < -0.39 is 0 Å². The van der Waals surface area contributed by atoms with Crippen LogP contribution in [0.3, 0.4) is 0 Å². The second kappa shape index (κ2) is 5.92. The summed E-state index contributed by atoms with van der Waals surface area (Å²) < 4.78 is 1.73. The second-order valence-corrected chi connectivity index (χ2v) is 6.27. The van der Waals surface area contributed by atoms with E-state index >= 15 is 0 Å². The van der Waals surface area contributed by atoms with Crippen molar-refractivity contribution in [1.29, 1.82) is 0 Å². The van der Waals surface area contributed by atoms with E-state index in [-0.39, 0.29) is 5.91 Å². The van der Waals surface area contributed by atoms with E-state index in [0.717, 1.165) is 22.5 Å². The second-order valence-electron chi connectivity index (χ2n) is 5.45. The van der Waals surface area contributed by atoms with Crippen LogP contribution in [-0.4, -0.2) is 27.2 Å². The van der Waals surface area contributed by atoms with E-state index in [1.54, 1.807) is 29.1 Å². The predicted molar refractivity (Wildman–Crippen MR) is 93.2 cm³/mol. The van der Waals surface area contributed by atoms with Gasteiger partial charge in [0.25, 0.3) is 5.91 Å². The molecule has 5 nitrogen and oxygen atoms in total. The van der Waals surface area contributed by atoms with Crippen LogP contribution in [0.4, 0.5) is 0 Å². The lowest BCUT2D eigenvalue weighted by molar-refractivity contribution is 0.0924. The highest BCUT2D eigenvalue weighted by Gasteiger charge is 2.20. The molecule has 1 aliphatic heterocycles. The molecule has 1 amide bonds. The van der Waals surface area contributed by atoms with E-state index in [2.05, 4.69) is 15.4 Å². The van der Waals surface area contributed by atoms with Crippen LogP contribution in [0, 0.1) is 0 Å². The highest BCUT2D eigenvalue weighted by molar-refractivity contribution is 6.42. The Morgan fingerprint density at radius 3 is 2.62 bits per heavy atom. The number of nitrogens with zero attached hydrogens (tertiary/aromatic N) is 3. The molecule has 120 valence electrons. The van der Waals surface area contributed by atoms with Gasteiger partial charge in [0.15, 0.2) is 0 Å². The van der Waals surface area contributed by atoms with Gasteiger partial charge >= 0.3 is 0 Å². The lowest BCUT2D eigenvalue weighted by atomic mass is 10.1. The van der Waals surface area contributed by atoms with Crippen molar-refractivity contribution in [3.8, 4) is 22.5 Å². The van der Waals surface area contributed by atoms with E-state index in [1.807, 2.05) is 18.2 Å². The zero-order valence-electron chi connectivity index (χ0n) is 12.5. The monoisotopic (exact) mass is 358 g/mol. The van der Waals surface area contributed by atoms with E-state index in [1.165, 1.54) is 0 Å². The van der Waals surface area contributed by atoms with Crippen LogP contribution in [0.2, 0.25) is 10.0 Å². The molecular formula is C17H12Cl2N4O. The van der Waals surface area contributed by atoms with Gasteiger partial charge in [0.05, 0.1) is 28.0 Å². The van der Waals surface area contributed by atoms with E-state index in [9.17, 15) is 4.79 Å². The van der Waals surface area contributed by atoms with Gasteiger partial charge in [0.2, 0.25) is 0 Å². The molecule has 1 N–H and O–H groups in total. The van der Waals surface area contributed by atoms with Crippen LogP contribution in [0.15, 0.2) is 42.6 Å². The first-order valence-corrected chi connectivity index (χ1v) is 8.15. The lowest BCUT2D eigenvalue weighted by Crippen LogP contribution is -2.35. The minimum absolute atomic E-state index is 0.0984. The van der Waals surface area contributed by atoms with Gasteiger partial charge in [-0.3, -0.25) is 14.5 Å². The minimum Gasteiger partial charge on any atom is -0.349 e. The molecule has 4 rings (SSSR count). The van der Waals surface area contributed by atoms with E-state index in [4.69, 9.17) is 23.2 Å². The van der Waals surface area contributed by atoms with Gasteiger partial charge < -0.3 is 5.32 Å². The van der Waals surface area contributed by atoms with Gasteiger partial charge in [0, 0.05) is 23.9 Å². The van der Waals surface area contributed by atoms with Gasteiger partial charge in [-0.1, -0.05) is 29.3 Å². The number of rotatable bonds is 2. The van der Waals surface area contributed by atoms with Crippen molar-refractivity contribution in [2.75, 3.05) is 6.54 Å². The molecule has 0 aliphatic carbocycles. The molecule has 0 atom stereocenters. The molecule has 0 spiro atoms. The number of amides is 1. The minimum atomic E-state index is -0.0984. The largest absolute Gasteiger partial charge is 0.349 e. The Balaban J connectivity index is 1.75. The summed E-state index contributed by atoms with van der Waals surface area (Å²) in [6, 6.07) is 11.0. The van der Waals surface area contributed by atoms with Gasteiger partial charge in [-0.25, -0.2) is 0 Å². The van der Waals surface area contributed by atoms with Crippen molar-refractivity contribution in [1.82, 2.24) is 20.1 Å². The highest BCUT2D eigenvalue weighted by atomic mass is 35.5. The normalized spacial score (nSPS) is 13.5. The van der Waals surface area contributed by atoms with Crippen LogP contribution >= 0.6 is 23.2 Å². The molecule has 0 saturated carbocycles. The molecule has 0 bridgehead atoms. The zero-order valence-corrected chi connectivity index (χ0v) is 14.0. The highest BCUT2D eigenvalue weighted by Crippen LogP contribution is 2.29. The molecule has 3 aromatic rings. The molecule has 1 aliphatic rings. The molecule has 2 aromatic heterocycles. The maximum Gasteiger partial charge on any atom is 0.269 e. The number of aromatic nitrogens is 3. The topological polar surface area (TPSA) is 59.8 Å². The fraction of sp³-hybridized carbons (Fsp3) is 0.118. The Hall–Kier alpha value is -2.37. The van der Waals surface area contributed by atoms with E-state index in [0.29, 0.717) is 28.8 Å². The molecular weight excluding hydrogens is 347 g/mol. The summed E-state index contributed by atoms with van der Waals surface area (Å²) in [6.07, 6.45) is 1.71. The Labute approximate surface area is 148 Å². The van der Waals surface area contributed by atoms with Crippen LogP contribution in [0.1, 0.15) is 10.5 Å². The van der Waals surface area contributed by atoms with Gasteiger partial charge in [-0.05, 0) is 30.3 Å². The fourth-order valence-corrected chi connectivity index (χ4v) is 2.98. The van der Waals surface area contributed by atoms with Crippen molar-refractivity contribution >= 4 is 29.1 Å². The fourth-order valence-electron chi connectivity index (χ4n) is 2.68. The third kappa shape index (κ3) is 2.66. The average molecular weight is 359 g/mol. The van der Waals surface area contributed by atoms with Gasteiger partial charge in [0.1, 0.15) is 5.69 Å². The molecule has 0 radical (unpaired) electrons. The Morgan fingerprint density at radius 2 is 1.83 bits per heavy atom. The summed E-state index contributed by atoms with van der Waals surface area (Å²) in [5.41, 5.74) is 3.84. The quantitative estimate of drug-likeness (QED) is 0.760. The Morgan fingerprint density at radius 1 is 1.00 bits per heavy atom. The number of pyridine rings is 1. The van der Waals surface area contributed by atoms with Crippen molar-refractivity contribution in [3.63, 3.8) is 0 Å². The number of benzene rings is 1. The van der Waals surface area contributed by atoms with Gasteiger partial charge in [-0.15, -0.1) is 0 Å². The van der Waals surface area contributed by atoms with Crippen molar-refractivity contribution in [3.05, 3.63) is 58.3 Å². The SMILES string of the molecule is O=C1NCCn2nc(-c3ccnc(-c4ccc(Cl)c(Cl)c4)c3)cc21. The maximum atomic E-state index is 11.9. The summed E-state index contributed by atoms with van der Waals surface area (Å²) in [4.78, 5) is 16.3. The smallest absolute Gasteiger partial charge is 0.269 e. The summed E-state index contributed by atoms with van der Waals surface area (Å²) in [7, 11) is 0. The standard InChI is InChI=1S/C17H12Cl2N4O/c18-12-2-1-10(7-13(12)19)14-8-11(3-4-20-14)15-9-16-17(24)21-5-6-23(16)22-15/h1-4,7-9H,5-6H2,(H,21,24). The molecule has 1 aromatic carbocycles. The molecule has 3 heterocycles. The number of fused-ring (bicyclic) bond motifs is 1. The summed E-state index contributed by atoms with van der Waals surface area (Å²) in [5, 5.41) is 8.32. The predicted octanol–water partition coefficient (Wildman–Crippen LogP) is 3.66. The zero-order chi connectivity index (χ0) is 16.7. The van der Waals surface area contributed by atoms with Gasteiger partial charge in [-0.2, -0.15) is 5.10 Å². The first-order valence-electron chi connectivity index (χ1n) is 7.40. The first-order chi connectivity index (χ1) is 11.6. The number of hydrogen-bond acceptors (Lipinski definition) is 3. The Bertz CT molecular complexity index is 952. The summed E-state index contributed by atoms with van der Waals surface area (Å²) in [5.74, 6) is -0.0984. The molecule has 7 heteroatoms. The first kappa shape index (κ1) is 15.2. The van der Waals surface area contributed by atoms with Crippen LogP contribution in [0.5, 0.6) is 0 Å². The lowest BCUT2D eigenvalue weighted by Gasteiger charge is -2.13. The third-order valence-electron chi connectivity index (χ3n) is 3.89.